The first-order chi connectivity index (χ1) is 7.68. The third-order valence-electron chi connectivity index (χ3n) is 2.73. The Labute approximate surface area is 100 Å². The summed E-state index contributed by atoms with van der Waals surface area (Å²) in [5, 5.41) is 0. The first kappa shape index (κ1) is 15.9. The minimum atomic E-state index is 0.641. The molecule has 0 rings (SSSR count). The van der Waals surface area contributed by atoms with E-state index < -0.39 is 0 Å². The van der Waals surface area contributed by atoms with Crippen LogP contribution in [-0.2, 0) is 14.2 Å². The molecule has 0 saturated carbocycles. The van der Waals surface area contributed by atoms with Crippen molar-refractivity contribution >= 4 is 0 Å². The lowest BCUT2D eigenvalue weighted by molar-refractivity contribution is 0.0552. The van der Waals surface area contributed by atoms with E-state index in [9.17, 15) is 0 Å². The van der Waals surface area contributed by atoms with Crippen molar-refractivity contribution in [2.75, 3.05) is 40.1 Å². The summed E-state index contributed by atoms with van der Waals surface area (Å²) in [5.74, 6) is 1.34. The molecule has 0 fully saturated rings. The molecule has 0 spiro atoms. The molecule has 0 heterocycles. The van der Waals surface area contributed by atoms with E-state index in [0.717, 1.165) is 45.9 Å². The van der Waals surface area contributed by atoms with Crippen LogP contribution in [-0.4, -0.2) is 40.1 Å². The summed E-state index contributed by atoms with van der Waals surface area (Å²) in [6.07, 6.45) is 1.96. The number of hydrogen-bond donors (Lipinski definition) is 0. The molecular formula is C13H28O3. The third-order valence-corrected chi connectivity index (χ3v) is 2.73. The topological polar surface area (TPSA) is 27.7 Å². The maximum Gasteiger partial charge on any atom is 0.0494 e. The van der Waals surface area contributed by atoms with E-state index in [4.69, 9.17) is 14.2 Å². The molecule has 0 saturated heterocycles. The normalized spacial score (nSPS) is 13.3. The van der Waals surface area contributed by atoms with Crippen LogP contribution in [0.15, 0.2) is 0 Å². The van der Waals surface area contributed by atoms with Gasteiger partial charge in [-0.2, -0.15) is 0 Å². The second kappa shape index (κ2) is 11.4. The molecule has 0 aromatic heterocycles. The minimum Gasteiger partial charge on any atom is -0.385 e. The Morgan fingerprint density at radius 3 is 1.94 bits per heavy atom. The second-order valence-electron chi connectivity index (χ2n) is 4.61. The zero-order valence-corrected chi connectivity index (χ0v) is 11.3. The lowest BCUT2D eigenvalue weighted by Gasteiger charge is -2.15. The first-order valence-corrected chi connectivity index (χ1v) is 6.33. The SMILES string of the molecule is COCCCOCCCOCC(C)C(C)C. The van der Waals surface area contributed by atoms with E-state index in [0.29, 0.717) is 11.8 Å². The minimum absolute atomic E-state index is 0.641. The van der Waals surface area contributed by atoms with Crippen LogP contribution in [0.5, 0.6) is 0 Å². The highest BCUT2D eigenvalue weighted by molar-refractivity contribution is 4.54. The second-order valence-corrected chi connectivity index (χ2v) is 4.61. The van der Waals surface area contributed by atoms with Crippen molar-refractivity contribution in [2.45, 2.75) is 33.6 Å². The van der Waals surface area contributed by atoms with Crippen LogP contribution in [0.4, 0.5) is 0 Å². The average Bonchev–Trinajstić information content (AvgIpc) is 2.26. The van der Waals surface area contributed by atoms with Gasteiger partial charge >= 0.3 is 0 Å². The maximum absolute atomic E-state index is 5.58. The number of methoxy groups -OCH3 is 1. The van der Waals surface area contributed by atoms with Crippen molar-refractivity contribution in [3.05, 3.63) is 0 Å². The molecule has 0 aromatic carbocycles. The largest absolute Gasteiger partial charge is 0.385 e. The lowest BCUT2D eigenvalue weighted by Crippen LogP contribution is -2.13. The molecule has 1 unspecified atom stereocenters. The molecule has 0 radical (unpaired) electrons. The van der Waals surface area contributed by atoms with Crippen LogP contribution in [0, 0.1) is 11.8 Å². The van der Waals surface area contributed by atoms with Crippen molar-refractivity contribution in [1.29, 1.82) is 0 Å². The van der Waals surface area contributed by atoms with E-state index in [1.807, 2.05) is 0 Å². The zero-order chi connectivity index (χ0) is 12.2. The molecule has 0 aliphatic heterocycles. The lowest BCUT2D eigenvalue weighted by atomic mass is 9.99. The smallest absolute Gasteiger partial charge is 0.0494 e. The van der Waals surface area contributed by atoms with Crippen LogP contribution in [0.3, 0.4) is 0 Å². The predicted octanol–water partition coefficient (Wildman–Crippen LogP) is 2.74. The summed E-state index contributed by atoms with van der Waals surface area (Å²) in [5.41, 5.74) is 0. The van der Waals surface area contributed by atoms with E-state index in [2.05, 4.69) is 20.8 Å². The average molecular weight is 232 g/mol. The summed E-state index contributed by atoms with van der Waals surface area (Å²) in [6.45, 7) is 10.7. The summed E-state index contributed by atoms with van der Waals surface area (Å²) < 4.78 is 15.9. The molecule has 0 aliphatic rings. The van der Waals surface area contributed by atoms with Crippen molar-refractivity contribution in [2.24, 2.45) is 11.8 Å². The highest BCUT2D eigenvalue weighted by Crippen LogP contribution is 2.09. The van der Waals surface area contributed by atoms with Crippen molar-refractivity contribution < 1.29 is 14.2 Å². The highest BCUT2D eigenvalue weighted by Gasteiger charge is 2.06. The van der Waals surface area contributed by atoms with Crippen LogP contribution in [0.1, 0.15) is 33.6 Å². The molecular weight excluding hydrogens is 204 g/mol. The quantitative estimate of drug-likeness (QED) is 0.513. The van der Waals surface area contributed by atoms with Crippen LogP contribution >= 0.6 is 0 Å². The van der Waals surface area contributed by atoms with Gasteiger partial charge in [0.15, 0.2) is 0 Å². The molecule has 0 aromatic rings. The Morgan fingerprint density at radius 1 is 0.812 bits per heavy atom. The van der Waals surface area contributed by atoms with E-state index in [1.54, 1.807) is 7.11 Å². The fourth-order valence-corrected chi connectivity index (χ4v) is 1.13. The monoisotopic (exact) mass is 232 g/mol. The van der Waals surface area contributed by atoms with Gasteiger partial charge in [0.1, 0.15) is 0 Å². The molecule has 16 heavy (non-hydrogen) atoms. The molecule has 0 amide bonds. The van der Waals surface area contributed by atoms with E-state index >= 15 is 0 Å². The predicted molar refractivity (Wildman–Crippen MR) is 66.8 cm³/mol. The first-order valence-electron chi connectivity index (χ1n) is 6.33. The summed E-state index contributed by atoms with van der Waals surface area (Å²) in [6, 6.07) is 0. The van der Waals surface area contributed by atoms with Crippen LogP contribution in [0.2, 0.25) is 0 Å². The van der Waals surface area contributed by atoms with E-state index in [1.165, 1.54) is 0 Å². The standard InChI is InChI=1S/C13H28O3/c1-12(2)13(3)11-16-10-6-9-15-8-5-7-14-4/h12-13H,5-11H2,1-4H3. The van der Waals surface area contributed by atoms with Gasteiger partial charge in [-0.25, -0.2) is 0 Å². The van der Waals surface area contributed by atoms with Gasteiger partial charge in [-0.3, -0.25) is 0 Å². The van der Waals surface area contributed by atoms with Gasteiger partial charge in [-0.1, -0.05) is 20.8 Å². The zero-order valence-electron chi connectivity index (χ0n) is 11.3. The Hall–Kier alpha value is -0.120. The number of rotatable bonds is 11. The van der Waals surface area contributed by atoms with Gasteiger partial charge in [0, 0.05) is 40.1 Å². The number of ether oxygens (including phenoxy) is 3. The third kappa shape index (κ3) is 10.4. The summed E-state index contributed by atoms with van der Waals surface area (Å²) in [7, 11) is 1.71. The Balaban J connectivity index is 3.04. The fraction of sp³-hybridized carbons (Fsp3) is 1.00. The Bertz CT molecular complexity index is 137. The van der Waals surface area contributed by atoms with Gasteiger partial charge in [0.25, 0.3) is 0 Å². The molecule has 3 heteroatoms. The van der Waals surface area contributed by atoms with Gasteiger partial charge in [-0.15, -0.1) is 0 Å². The molecule has 98 valence electrons. The Kier molecular flexibility index (Phi) is 11.3. The highest BCUT2D eigenvalue weighted by atomic mass is 16.5. The summed E-state index contributed by atoms with van der Waals surface area (Å²) >= 11 is 0. The molecule has 1 atom stereocenters. The number of hydrogen-bond acceptors (Lipinski definition) is 3. The van der Waals surface area contributed by atoms with Gasteiger partial charge in [0.2, 0.25) is 0 Å². The van der Waals surface area contributed by atoms with Crippen molar-refractivity contribution in [3.63, 3.8) is 0 Å². The molecule has 0 N–H and O–H groups in total. The van der Waals surface area contributed by atoms with Gasteiger partial charge < -0.3 is 14.2 Å². The van der Waals surface area contributed by atoms with Crippen LogP contribution in [0.25, 0.3) is 0 Å². The van der Waals surface area contributed by atoms with Gasteiger partial charge in [-0.05, 0) is 24.7 Å². The van der Waals surface area contributed by atoms with Crippen LogP contribution < -0.4 is 0 Å². The summed E-state index contributed by atoms with van der Waals surface area (Å²) in [4.78, 5) is 0. The van der Waals surface area contributed by atoms with Crippen molar-refractivity contribution in [3.8, 4) is 0 Å². The maximum atomic E-state index is 5.58. The Morgan fingerprint density at radius 2 is 1.38 bits per heavy atom. The molecule has 3 nitrogen and oxygen atoms in total. The van der Waals surface area contributed by atoms with Crippen molar-refractivity contribution in [1.82, 2.24) is 0 Å². The van der Waals surface area contributed by atoms with Gasteiger partial charge in [0.05, 0.1) is 0 Å². The van der Waals surface area contributed by atoms with E-state index in [-0.39, 0.29) is 0 Å². The molecule has 0 bridgehead atoms. The fourth-order valence-electron chi connectivity index (χ4n) is 1.13. The molecule has 0 aliphatic carbocycles.